The van der Waals surface area contributed by atoms with Crippen LogP contribution in [0.4, 0.5) is 0 Å². The number of hydrogen-bond donors (Lipinski definition) is 1. The van der Waals surface area contributed by atoms with Gasteiger partial charge in [0.15, 0.2) is 0 Å². The molecular formula is C9H4ClN3O. The fraction of sp³-hybridized carbons (Fsp3) is 0. The summed E-state index contributed by atoms with van der Waals surface area (Å²) < 4.78 is 0. The fourth-order valence-electron chi connectivity index (χ4n) is 1.13. The predicted molar refractivity (Wildman–Crippen MR) is 52.1 cm³/mol. The molecule has 0 bridgehead atoms. The lowest BCUT2D eigenvalue weighted by Gasteiger charge is -1.97. The summed E-state index contributed by atoms with van der Waals surface area (Å²) in [6.45, 7) is 0. The zero-order chi connectivity index (χ0) is 10.1. The maximum Gasteiger partial charge on any atom is 0.285 e. The van der Waals surface area contributed by atoms with E-state index in [0.29, 0.717) is 16.1 Å². The Morgan fingerprint density at radius 3 is 3.00 bits per heavy atom. The highest BCUT2D eigenvalue weighted by atomic mass is 35.5. The summed E-state index contributed by atoms with van der Waals surface area (Å²) in [6.07, 6.45) is 0. The first kappa shape index (κ1) is 8.73. The van der Waals surface area contributed by atoms with Crippen LogP contribution >= 0.6 is 11.6 Å². The van der Waals surface area contributed by atoms with Crippen LogP contribution in [-0.4, -0.2) is 9.97 Å². The molecule has 0 unspecified atom stereocenters. The fourth-order valence-corrected chi connectivity index (χ4v) is 1.30. The normalized spacial score (nSPS) is 10.0. The van der Waals surface area contributed by atoms with E-state index in [9.17, 15) is 4.79 Å². The van der Waals surface area contributed by atoms with Crippen molar-refractivity contribution in [3.05, 3.63) is 39.3 Å². The molecule has 4 nitrogen and oxygen atoms in total. The second-order valence-electron chi connectivity index (χ2n) is 2.69. The first-order chi connectivity index (χ1) is 6.70. The quantitative estimate of drug-likeness (QED) is 0.708. The van der Waals surface area contributed by atoms with E-state index >= 15 is 0 Å². The Morgan fingerprint density at radius 2 is 2.29 bits per heavy atom. The number of H-pyrrole nitrogens is 1. The molecule has 0 saturated heterocycles. The molecule has 68 valence electrons. The van der Waals surface area contributed by atoms with Gasteiger partial charge >= 0.3 is 0 Å². The number of nitriles is 1. The van der Waals surface area contributed by atoms with E-state index < -0.39 is 5.56 Å². The number of benzene rings is 1. The maximum atomic E-state index is 11.2. The molecule has 0 atom stereocenters. The van der Waals surface area contributed by atoms with E-state index in [1.807, 2.05) is 0 Å². The number of fused-ring (bicyclic) bond motifs is 1. The lowest BCUT2D eigenvalue weighted by atomic mass is 10.3. The van der Waals surface area contributed by atoms with Gasteiger partial charge in [-0.3, -0.25) is 4.79 Å². The molecule has 5 heteroatoms. The van der Waals surface area contributed by atoms with Crippen molar-refractivity contribution in [2.24, 2.45) is 0 Å². The first-order valence-electron chi connectivity index (χ1n) is 3.80. The van der Waals surface area contributed by atoms with Crippen LogP contribution in [0.5, 0.6) is 0 Å². The molecule has 1 N–H and O–H groups in total. The number of aromatic nitrogens is 2. The Labute approximate surface area is 83.8 Å². The molecule has 0 spiro atoms. The Bertz CT molecular complexity index is 597. The molecule has 14 heavy (non-hydrogen) atoms. The molecule has 0 aliphatic carbocycles. The van der Waals surface area contributed by atoms with Gasteiger partial charge in [0.2, 0.25) is 5.69 Å². The summed E-state index contributed by atoms with van der Waals surface area (Å²) in [5.74, 6) is 0. The van der Waals surface area contributed by atoms with Crippen molar-refractivity contribution in [1.29, 1.82) is 5.26 Å². The summed E-state index contributed by atoms with van der Waals surface area (Å²) in [7, 11) is 0. The summed E-state index contributed by atoms with van der Waals surface area (Å²) in [4.78, 5) is 17.6. The van der Waals surface area contributed by atoms with Crippen molar-refractivity contribution < 1.29 is 0 Å². The molecule has 1 heterocycles. The van der Waals surface area contributed by atoms with Crippen LogP contribution < -0.4 is 5.56 Å². The standard InChI is InChI=1S/C9H4ClN3O/c10-5-1-2-6-7(3-5)12-8(4-11)9(14)13-6/h1-3H,(H,13,14). The van der Waals surface area contributed by atoms with Crippen molar-refractivity contribution in [3.63, 3.8) is 0 Å². The Kier molecular flexibility index (Phi) is 1.95. The molecule has 0 fully saturated rings. The molecule has 0 saturated carbocycles. The van der Waals surface area contributed by atoms with Crippen LogP contribution in [0, 0.1) is 11.3 Å². The molecule has 2 aromatic rings. The summed E-state index contributed by atoms with van der Waals surface area (Å²) in [5.41, 5.74) is 0.439. The van der Waals surface area contributed by atoms with E-state index in [0.717, 1.165) is 0 Å². The third-order valence-corrected chi connectivity index (χ3v) is 2.00. The lowest BCUT2D eigenvalue weighted by Crippen LogP contribution is -2.12. The van der Waals surface area contributed by atoms with Crippen molar-refractivity contribution in [3.8, 4) is 6.07 Å². The second-order valence-corrected chi connectivity index (χ2v) is 3.12. The number of hydrogen-bond acceptors (Lipinski definition) is 3. The number of halogens is 1. The molecular weight excluding hydrogens is 202 g/mol. The van der Waals surface area contributed by atoms with Crippen molar-refractivity contribution in [2.75, 3.05) is 0 Å². The van der Waals surface area contributed by atoms with Gasteiger partial charge in [-0.2, -0.15) is 5.26 Å². The smallest absolute Gasteiger partial charge is 0.285 e. The lowest BCUT2D eigenvalue weighted by molar-refractivity contribution is 1.17. The van der Waals surface area contributed by atoms with E-state index in [1.165, 1.54) is 0 Å². The van der Waals surface area contributed by atoms with Gasteiger partial charge in [-0.1, -0.05) is 11.6 Å². The summed E-state index contributed by atoms with van der Waals surface area (Å²) >= 11 is 5.74. The van der Waals surface area contributed by atoms with Crippen LogP contribution in [0.2, 0.25) is 5.02 Å². The van der Waals surface area contributed by atoms with Gasteiger partial charge in [-0.15, -0.1) is 0 Å². The maximum absolute atomic E-state index is 11.2. The zero-order valence-corrected chi connectivity index (χ0v) is 7.67. The molecule has 0 aliphatic rings. The number of rotatable bonds is 0. The minimum Gasteiger partial charge on any atom is -0.318 e. The minimum atomic E-state index is -0.484. The summed E-state index contributed by atoms with van der Waals surface area (Å²) in [6, 6.07) is 6.59. The molecule has 2 rings (SSSR count). The Hall–Kier alpha value is -1.86. The molecule has 0 aliphatic heterocycles. The van der Waals surface area contributed by atoms with Crippen LogP contribution in [0.25, 0.3) is 11.0 Å². The van der Waals surface area contributed by atoms with Crippen molar-refractivity contribution >= 4 is 22.6 Å². The topological polar surface area (TPSA) is 69.5 Å². The van der Waals surface area contributed by atoms with E-state index in [4.69, 9.17) is 16.9 Å². The number of nitrogens with one attached hydrogen (secondary N) is 1. The monoisotopic (exact) mass is 205 g/mol. The van der Waals surface area contributed by atoms with Gasteiger partial charge in [-0.05, 0) is 18.2 Å². The van der Waals surface area contributed by atoms with Gasteiger partial charge in [0, 0.05) is 5.02 Å². The highest BCUT2D eigenvalue weighted by Gasteiger charge is 2.03. The van der Waals surface area contributed by atoms with Crippen LogP contribution in [-0.2, 0) is 0 Å². The molecule has 0 radical (unpaired) electrons. The van der Waals surface area contributed by atoms with Crippen LogP contribution in [0.1, 0.15) is 5.69 Å². The van der Waals surface area contributed by atoms with Crippen LogP contribution in [0.15, 0.2) is 23.0 Å². The molecule has 0 amide bonds. The zero-order valence-electron chi connectivity index (χ0n) is 6.91. The average molecular weight is 206 g/mol. The highest BCUT2D eigenvalue weighted by Crippen LogP contribution is 2.14. The first-order valence-corrected chi connectivity index (χ1v) is 4.18. The van der Waals surface area contributed by atoms with Gasteiger partial charge in [0.05, 0.1) is 11.0 Å². The third kappa shape index (κ3) is 1.34. The largest absolute Gasteiger partial charge is 0.318 e. The van der Waals surface area contributed by atoms with E-state index in [-0.39, 0.29) is 5.69 Å². The summed E-state index contributed by atoms with van der Waals surface area (Å²) in [5, 5.41) is 9.10. The van der Waals surface area contributed by atoms with Crippen molar-refractivity contribution in [1.82, 2.24) is 9.97 Å². The van der Waals surface area contributed by atoms with E-state index in [1.54, 1.807) is 24.3 Å². The number of aromatic amines is 1. The second kappa shape index (κ2) is 3.13. The third-order valence-electron chi connectivity index (χ3n) is 1.76. The molecule has 1 aromatic carbocycles. The van der Waals surface area contributed by atoms with Gasteiger partial charge in [0.1, 0.15) is 6.07 Å². The Balaban J connectivity index is 2.89. The van der Waals surface area contributed by atoms with Gasteiger partial charge < -0.3 is 4.98 Å². The minimum absolute atomic E-state index is 0.153. The molecule has 1 aromatic heterocycles. The van der Waals surface area contributed by atoms with E-state index in [2.05, 4.69) is 9.97 Å². The van der Waals surface area contributed by atoms with Gasteiger partial charge in [-0.25, -0.2) is 4.98 Å². The SMILES string of the molecule is N#Cc1nc2cc(Cl)ccc2[nH]c1=O. The van der Waals surface area contributed by atoms with Crippen molar-refractivity contribution in [2.45, 2.75) is 0 Å². The van der Waals surface area contributed by atoms with Gasteiger partial charge in [0.25, 0.3) is 5.56 Å². The number of nitrogens with zero attached hydrogens (tertiary/aromatic N) is 2. The highest BCUT2D eigenvalue weighted by molar-refractivity contribution is 6.31. The predicted octanol–water partition coefficient (Wildman–Crippen LogP) is 1.45. The van der Waals surface area contributed by atoms with Crippen LogP contribution in [0.3, 0.4) is 0 Å². The average Bonchev–Trinajstić information content (AvgIpc) is 2.17. The Morgan fingerprint density at radius 1 is 1.50 bits per heavy atom.